The second kappa shape index (κ2) is 5.54. The number of carbonyl (C=O) groups excluding carboxylic acids is 1. The molecule has 0 spiro atoms. The Morgan fingerprint density at radius 3 is 2.95 bits per heavy atom. The van der Waals surface area contributed by atoms with Gasteiger partial charge in [0.2, 0.25) is 5.82 Å². The van der Waals surface area contributed by atoms with Crippen LogP contribution in [0.15, 0.2) is 12.3 Å². The number of aliphatic hydroxyl groups is 1. The van der Waals surface area contributed by atoms with E-state index in [9.17, 15) is 9.90 Å². The highest BCUT2D eigenvalue weighted by Gasteiger charge is 2.22. The fourth-order valence-electron chi connectivity index (χ4n) is 1.98. The third kappa shape index (κ3) is 3.11. The topological polar surface area (TPSA) is 92.4 Å². The highest BCUT2D eigenvalue weighted by molar-refractivity contribution is 5.90. The molecule has 7 heteroatoms. The Kier molecular flexibility index (Phi) is 3.99. The highest BCUT2D eigenvalue weighted by atomic mass is 16.3. The fraction of sp³-hybridized carbons (Fsp3) is 0.538. The van der Waals surface area contributed by atoms with E-state index in [0.717, 1.165) is 12.1 Å². The number of rotatable bonds is 5. The molecule has 1 atom stereocenters. The molecule has 108 valence electrons. The van der Waals surface area contributed by atoms with Gasteiger partial charge in [-0.15, -0.1) is 5.10 Å². The monoisotopic (exact) mass is 277 g/mol. The summed E-state index contributed by atoms with van der Waals surface area (Å²) in [6.45, 7) is 5.70. The zero-order valence-electron chi connectivity index (χ0n) is 11.9. The van der Waals surface area contributed by atoms with Gasteiger partial charge in [-0.3, -0.25) is 4.79 Å². The number of nitrogens with one attached hydrogen (secondary N) is 1. The summed E-state index contributed by atoms with van der Waals surface area (Å²) in [5.74, 6) is 0.0286. The first-order chi connectivity index (χ1) is 9.43. The molecule has 0 bridgehead atoms. The van der Waals surface area contributed by atoms with Crippen molar-refractivity contribution in [2.24, 2.45) is 0 Å². The van der Waals surface area contributed by atoms with Crippen LogP contribution in [-0.2, 0) is 0 Å². The molecule has 2 N–H and O–H groups in total. The largest absolute Gasteiger partial charge is 0.388 e. The Balaban J connectivity index is 2.10. The van der Waals surface area contributed by atoms with Gasteiger partial charge >= 0.3 is 0 Å². The van der Waals surface area contributed by atoms with Crippen LogP contribution in [0.5, 0.6) is 0 Å². The Morgan fingerprint density at radius 2 is 2.30 bits per heavy atom. The summed E-state index contributed by atoms with van der Waals surface area (Å²) < 4.78 is 1.51. The molecule has 2 aromatic heterocycles. The van der Waals surface area contributed by atoms with Crippen molar-refractivity contribution in [1.82, 2.24) is 24.9 Å². The first-order valence-corrected chi connectivity index (χ1v) is 6.62. The second-order valence-corrected chi connectivity index (χ2v) is 5.16. The van der Waals surface area contributed by atoms with Gasteiger partial charge in [-0.25, -0.2) is 9.50 Å². The van der Waals surface area contributed by atoms with E-state index >= 15 is 0 Å². The Hall–Kier alpha value is -2.02. The molecule has 1 unspecified atom stereocenters. The van der Waals surface area contributed by atoms with Crippen LogP contribution in [0.2, 0.25) is 0 Å². The maximum Gasteiger partial charge on any atom is 0.291 e. The molecular formula is C13H19N5O2. The van der Waals surface area contributed by atoms with Gasteiger partial charge in [-0.2, -0.15) is 4.98 Å². The lowest BCUT2D eigenvalue weighted by atomic mass is 10.0. The average Bonchev–Trinajstić information content (AvgIpc) is 2.81. The zero-order chi connectivity index (χ0) is 14.8. The predicted octanol–water partition coefficient (Wildman–Crippen LogP) is 0.714. The van der Waals surface area contributed by atoms with Gasteiger partial charge in [0.1, 0.15) is 0 Å². The molecule has 0 aliphatic rings. The summed E-state index contributed by atoms with van der Waals surface area (Å²) in [7, 11) is 0. The summed E-state index contributed by atoms with van der Waals surface area (Å²) in [6, 6.07) is 1.79. The minimum absolute atomic E-state index is 0.0547. The van der Waals surface area contributed by atoms with Crippen molar-refractivity contribution >= 4 is 11.7 Å². The molecule has 0 aliphatic carbocycles. The van der Waals surface area contributed by atoms with Gasteiger partial charge in [-0.1, -0.05) is 13.3 Å². The average molecular weight is 277 g/mol. The molecule has 2 aromatic rings. The highest BCUT2D eigenvalue weighted by Crippen LogP contribution is 2.10. The number of carbonyl (C=O) groups is 1. The molecule has 20 heavy (non-hydrogen) atoms. The van der Waals surface area contributed by atoms with Crippen molar-refractivity contribution in [2.45, 2.75) is 39.2 Å². The Labute approximate surface area is 117 Å². The van der Waals surface area contributed by atoms with Crippen molar-refractivity contribution < 1.29 is 9.90 Å². The SMILES string of the molecule is CCCC(C)(O)CNC(=O)c1nc2nccc(C)n2n1. The molecule has 7 nitrogen and oxygen atoms in total. The number of hydrogen-bond donors (Lipinski definition) is 2. The van der Waals surface area contributed by atoms with Gasteiger partial charge in [-0.05, 0) is 26.3 Å². The van der Waals surface area contributed by atoms with Gasteiger partial charge < -0.3 is 10.4 Å². The lowest BCUT2D eigenvalue weighted by Crippen LogP contribution is -2.40. The molecule has 2 rings (SSSR count). The molecule has 2 heterocycles. The summed E-state index contributed by atoms with van der Waals surface area (Å²) in [4.78, 5) is 20.1. The van der Waals surface area contributed by atoms with E-state index in [4.69, 9.17) is 0 Å². The number of nitrogens with zero attached hydrogens (tertiary/aromatic N) is 4. The third-order valence-electron chi connectivity index (χ3n) is 3.05. The fourth-order valence-corrected chi connectivity index (χ4v) is 1.98. The van der Waals surface area contributed by atoms with E-state index < -0.39 is 11.5 Å². The van der Waals surface area contributed by atoms with Gasteiger partial charge in [0.25, 0.3) is 11.7 Å². The lowest BCUT2D eigenvalue weighted by Gasteiger charge is -2.22. The van der Waals surface area contributed by atoms with E-state index in [2.05, 4.69) is 20.4 Å². The summed E-state index contributed by atoms with van der Waals surface area (Å²) >= 11 is 0. The van der Waals surface area contributed by atoms with E-state index in [1.807, 2.05) is 13.8 Å². The molecule has 0 aromatic carbocycles. The molecule has 0 saturated heterocycles. The maximum absolute atomic E-state index is 12.0. The first kappa shape index (κ1) is 14.4. The van der Waals surface area contributed by atoms with E-state index in [1.165, 1.54) is 4.52 Å². The van der Waals surface area contributed by atoms with Crippen LogP contribution in [0.1, 0.15) is 43.0 Å². The van der Waals surface area contributed by atoms with Crippen LogP contribution >= 0.6 is 0 Å². The van der Waals surface area contributed by atoms with E-state index in [0.29, 0.717) is 12.2 Å². The molecule has 0 saturated carbocycles. The third-order valence-corrected chi connectivity index (χ3v) is 3.05. The van der Waals surface area contributed by atoms with Crippen LogP contribution in [-0.4, -0.2) is 42.7 Å². The van der Waals surface area contributed by atoms with Crippen molar-refractivity contribution in [3.8, 4) is 0 Å². The first-order valence-electron chi connectivity index (χ1n) is 6.62. The smallest absolute Gasteiger partial charge is 0.291 e. The molecular weight excluding hydrogens is 258 g/mol. The Bertz CT molecular complexity index is 620. The summed E-state index contributed by atoms with van der Waals surface area (Å²) in [5.41, 5.74) is -0.0721. The van der Waals surface area contributed by atoms with Crippen molar-refractivity contribution in [1.29, 1.82) is 0 Å². The minimum atomic E-state index is -0.919. The number of fused-ring (bicyclic) bond motifs is 1. The van der Waals surface area contributed by atoms with Gasteiger partial charge in [0.15, 0.2) is 0 Å². The van der Waals surface area contributed by atoms with Crippen LogP contribution in [0.25, 0.3) is 5.78 Å². The van der Waals surface area contributed by atoms with Crippen molar-refractivity contribution in [2.75, 3.05) is 6.54 Å². The molecule has 0 radical (unpaired) electrons. The van der Waals surface area contributed by atoms with Gasteiger partial charge in [0.05, 0.1) is 5.60 Å². The van der Waals surface area contributed by atoms with Crippen molar-refractivity contribution in [3.63, 3.8) is 0 Å². The van der Waals surface area contributed by atoms with Crippen molar-refractivity contribution in [3.05, 3.63) is 23.8 Å². The van der Waals surface area contributed by atoms with Gasteiger partial charge in [0, 0.05) is 18.4 Å². The van der Waals surface area contributed by atoms with Crippen LogP contribution < -0.4 is 5.32 Å². The summed E-state index contributed by atoms with van der Waals surface area (Å²) in [5, 5.41) is 16.8. The second-order valence-electron chi connectivity index (χ2n) is 5.16. The number of aromatic nitrogens is 4. The van der Waals surface area contributed by atoms with E-state index in [-0.39, 0.29) is 12.4 Å². The normalized spacial score (nSPS) is 14.2. The number of hydrogen-bond acceptors (Lipinski definition) is 5. The number of amides is 1. The van der Waals surface area contributed by atoms with E-state index in [1.54, 1.807) is 19.2 Å². The van der Waals surface area contributed by atoms with Crippen LogP contribution in [0.4, 0.5) is 0 Å². The molecule has 0 fully saturated rings. The maximum atomic E-state index is 12.0. The van der Waals surface area contributed by atoms with Crippen LogP contribution in [0, 0.1) is 6.92 Å². The van der Waals surface area contributed by atoms with Crippen LogP contribution in [0.3, 0.4) is 0 Å². The Morgan fingerprint density at radius 1 is 1.55 bits per heavy atom. The predicted molar refractivity (Wildman–Crippen MR) is 73.4 cm³/mol. The minimum Gasteiger partial charge on any atom is -0.388 e. The quantitative estimate of drug-likeness (QED) is 0.840. The molecule has 1 amide bonds. The lowest BCUT2D eigenvalue weighted by molar-refractivity contribution is 0.0467. The molecule has 0 aliphatic heterocycles. The zero-order valence-corrected chi connectivity index (χ0v) is 11.9. The standard InChI is InChI=1S/C13H19N5O2/c1-4-6-13(3,20)8-15-11(19)10-16-12-14-7-5-9(2)18(12)17-10/h5,7,20H,4,6,8H2,1-3H3,(H,15,19). The number of aryl methyl sites for hydroxylation is 1. The summed E-state index contributed by atoms with van der Waals surface area (Å²) in [6.07, 6.45) is 3.08.